The quantitative estimate of drug-likeness (QED) is 0.626. The summed E-state index contributed by atoms with van der Waals surface area (Å²) in [4.78, 5) is 15.7. The molecule has 0 aliphatic rings. The van der Waals surface area contributed by atoms with E-state index in [1.807, 2.05) is 6.92 Å². The third kappa shape index (κ3) is 4.25. The molecule has 1 aromatic heterocycles. The third-order valence-electron chi connectivity index (χ3n) is 2.26. The van der Waals surface area contributed by atoms with Gasteiger partial charge in [0.15, 0.2) is 4.34 Å². The average molecular weight is 275 g/mol. The Balaban J connectivity index is 2.39. The summed E-state index contributed by atoms with van der Waals surface area (Å²) in [5, 5.41) is 0. The molecule has 7 heteroatoms. The summed E-state index contributed by atoms with van der Waals surface area (Å²) in [6.45, 7) is 3.70. The van der Waals surface area contributed by atoms with E-state index in [1.54, 1.807) is 18.7 Å². The lowest BCUT2D eigenvalue weighted by atomic mass is 10.0. The van der Waals surface area contributed by atoms with Crippen LogP contribution >= 0.6 is 23.3 Å². The molecule has 17 heavy (non-hydrogen) atoms. The zero-order chi connectivity index (χ0) is 12.9. The van der Waals surface area contributed by atoms with Gasteiger partial charge in [-0.3, -0.25) is 4.79 Å². The second kappa shape index (κ2) is 6.32. The van der Waals surface area contributed by atoms with E-state index in [2.05, 4.69) is 14.1 Å². The molecule has 1 heterocycles. The van der Waals surface area contributed by atoms with Crippen molar-refractivity contribution in [3.63, 3.8) is 0 Å². The maximum Gasteiger partial charge on any atom is 0.325 e. The van der Waals surface area contributed by atoms with Crippen molar-refractivity contribution in [3.8, 4) is 0 Å². The lowest BCUT2D eigenvalue weighted by molar-refractivity contribution is -0.146. The SMILES string of the molecule is CCc1nsc(SCCC(C)(N)C(=O)OC)n1. The van der Waals surface area contributed by atoms with Gasteiger partial charge < -0.3 is 10.5 Å². The first kappa shape index (κ1) is 14.4. The molecule has 1 unspecified atom stereocenters. The van der Waals surface area contributed by atoms with Gasteiger partial charge in [-0.05, 0) is 24.9 Å². The van der Waals surface area contributed by atoms with Crippen LogP contribution in [0, 0.1) is 0 Å². The molecule has 1 aromatic rings. The fourth-order valence-corrected chi connectivity index (χ4v) is 3.07. The summed E-state index contributed by atoms with van der Waals surface area (Å²) in [6.07, 6.45) is 1.39. The Morgan fingerprint density at radius 3 is 2.88 bits per heavy atom. The number of carbonyl (C=O) groups is 1. The topological polar surface area (TPSA) is 78.1 Å². The molecule has 2 N–H and O–H groups in total. The Morgan fingerprint density at radius 1 is 1.65 bits per heavy atom. The third-order valence-corrected chi connectivity index (χ3v) is 4.14. The van der Waals surface area contributed by atoms with Gasteiger partial charge in [0.25, 0.3) is 0 Å². The summed E-state index contributed by atoms with van der Waals surface area (Å²) in [7, 11) is 1.35. The summed E-state index contributed by atoms with van der Waals surface area (Å²) in [5.74, 6) is 1.20. The van der Waals surface area contributed by atoms with E-state index >= 15 is 0 Å². The number of thioether (sulfide) groups is 1. The van der Waals surface area contributed by atoms with Crippen LogP contribution in [0.25, 0.3) is 0 Å². The summed E-state index contributed by atoms with van der Waals surface area (Å²) >= 11 is 2.95. The zero-order valence-corrected chi connectivity index (χ0v) is 11.9. The molecule has 96 valence electrons. The van der Waals surface area contributed by atoms with Crippen molar-refractivity contribution in [1.29, 1.82) is 0 Å². The Bertz CT molecular complexity index is 379. The van der Waals surface area contributed by atoms with Gasteiger partial charge in [-0.25, -0.2) is 4.98 Å². The highest BCUT2D eigenvalue weighted by Gasteiger charge is 2.28. The fraction of sp³-hybridized carbons (Fsp3) is 0.700. The van der Waals surface area contributed by atoms with Crippen LogP contribution in [0.1, 0.15) is 26.1 Å². The van der Waals surface area contributed by atoms with Gasteiger partial charge in [-0.1, -0.05) is 18.7 Å². The summed E-state index contributed by atoms with van der Waals surface area (Å²) < 4.78 is 9.75. The minimum absolute atomic E-state index is 0.385. The van der Waals surface area contributed by atoms with Crippen LogP contribution in [0.4, 0.5) is 0 Å². The van der Waals surface area contributed by atoms with E-state index in [9.17, 15) is 4.79 Å². The zero-order valence-electron chi connectivity index (χ0n) is 10.2. The number of hydrogen-bond acceptors (Lipinski definition) is 7. The molecule has 0 aliphatic heterocycles. The van der Waals surface area contributed by atoms with Crippen LogP contribution < -0.4 is 5.73 Å². The summed E-state index contributed by atoms with van der Waals surface area (Å²) in [6, 6.07) is 0. The number of hydrogen-bond donors (Lipinski definition) is 1. The minimum atomic E-state index is -0.931. The van der Waals surface area contributed by atoms with Crippen LogP contribution in [0.15, 0.2) is 4.34 Å². The first-order valence-corrected chi connectivity index (χ1v) is 7.08. The molecule has 0 saturated heterocycles. The van der Waals surface area contributed by atoms with Crippen LogP contribution in [0.5, 0.6) is 0 Å². The highest BCUT2D eigenvalue weighted by molar-refractivity contribution is 8.00. The lowest BCUT2D eigenvalue weighted by Gasteiger charge is -2.20. The molecule has 0 aliphatic carbocycles. The molecule has 1 rings (SSSR count). The number of nitrogens with zero attached hydrogens (tertiary/aromatic N) is 2. The lowest BCUT2D eigenvalue weighted by Crippen LogP contribution is -2.46. The van der Waals surface area contributed by atoms with Crippen LogP contribution in [0.3, 0.4) is 0 Å². The molecule has 0 spiro atoms. The van der Waals surface area contributed by atoms with Crippen LogP contribution in [0.2, 0.25) is 0 Å². The van der Waals surface area contributed by atoms with Gasteiger partial charge in [0.2, 0.25) is 0 Å². The van der Waals surface area contributed by atoms with Crippen molar-refractivity contribution < 1.29 is 9.53 Å². The molecule has 0 saturated carbocycles. The molecule has 0 aromatic carbocycles. The summed E-state index contributed by atoms with van der Waals surface area (Å²) in [5.41, 5.74) is 4.92. The van der Waals surface area contributed by atoms with Gasteiger partial charge in [0, 0.05) is 12.2 Å². The van der Waals surface area contributed by atoms with Gasteiger partial charge in [-0.2, -0.15) is 4.37 Å². The molecular formula is C10H17N3O2S2. The first-order valence-electron chi connectivity index (χ1n) is 5.32. The van der Waals surface area contributed by atoms with E-state index in [4.69, 9.17) is 5.73 Å². The van der Waals surface area contributed by atoms with E-state index < -0.39 is 5.54 Å². The number of rotatable bonds is 6. The standard InChI is InChI=1S/C10H17N3O2S2/c1-4-7-12-9(17-13-7)16-6-5-10(2,11)8(14)15-3/h4-6,11H2,1-3H3. The Hall–Kier alpha value is -0.660. The second-order valence-electron chi connectivity index (χ2n) is 3.84. The van der Waals surface area contributed by atoms with Crippen LogP contribution in [-0.2, 0) is 16.0 Å². The second-order valence-corrected chi connectivity index (χ2v) is 5.93. The maximum absolute atomic E-state index is 11.3. The molecule has 0 bridgehead atoms. The normalized spacial score (nSPS) is 14.4. The van der Waals surface area contributed by atoms with Crippen molar-refractivity contribution in [2.45, 2.75) is 36.6 Å². The highest BCUT2D eigenvalue weighted by Crippen LogP contribution is 2.23. The van der Waals surface area contributed by atoms with Crippen molar-refractivity contribution in [3.05, 3.63) is 5.82 Å². The predicted octanol–water partition coefficient (Wildman–Crippen LogP) is 1.47. The van der Waals surface area contributed by atoms with E-state index in [-0.39, 0.29) is 5.97 Å². The maximum atomic E-state index is 11.3. The molecule has 0 amide bonds. The highest BCUT2D eigenvalue weighted by atomic mass is 32.2. The number of esters is 1. The Kier molecular flexibility index (Phi) is 5.35. The van der Waals surface area contributed by atoms with E-state index in [1.165, 1.54) is 18.6 Å². The number of methoxy groups -OCH3 is 1. The van der Waals surface area contributed by atoms with Crippen molar-refractivity contribution >= 4 is 29.3 Å². The molecule has 1 atom stereocenters. The largest absolute Gasteiger partial charge is 0.468 e. The number of aromatic nitrogens is 2. The van der Waals surface area contributed by atoms with Gasteiger partial charge in [0.1, 0.15) is 11.4 Å². The average Bonchev–Trinajstić information content (AvgIpc) is 2.75. The predicted molar refractivity (Wildman–Crippen MR) is 69.2 cm³/mol. The molecule has 0 fully saturated rings. The fourth-order valence-electron chi connectivity index (χ4n) is 1.13. The first-order chi connectivity index (χ1) is 7.99. The Labute approximate surface area is 109 Å². The van der Waals surface area contributed by atoms with Crippen molar-refractivity contribution in [2.75, 3.05) is 12.9 Å². The van der Waals surface area contributed by atoms with Gasteiger partial charge in [0.05, 0.1) is 7.11 Å². The smallest absolute Gasteiger partial charge is 0.325 e. The monoisotopic (exact) mass is 275 g/mol. The van der Waals surface area contributed by atoms with E-state index in [0.29, 0.717) is 6.42 Å². The minimum Gasteiger partial charge on any atom is -0.468 e. The molecule has 0 radical (unpaired) electrons. The van der Waals surface area contributed by atoms with Crippen molar-refractivity contribution in [1.82, 2.24) is 9.36 Å². The number of nitrogens with two attached hydrogens (primary N) is 1. The number of aryl methyl sites for hydroxylation is 1. The number of carbonyl (C=O) groups excluding carboxylic acids is 1. The van der Waals surface area contributed by atoms with Gasteiger partial charge >= 0.3 is 5.97 Å². The molecular weight excluding hydrogens is 258 g/mol. The van der Waals surface area contributed by atoms with Crippen molar-refractivity contribution in [2.24, 2.45) is 5.73 Å². The van der Waals surface area contributed by atoms with E-state index in [0.717, 1.165) is 22.3 Å². The Morgan fingerprint density at radius 2 is 2.35 bits per heavy atom. The van der Waals surface area contributed by atoms with Gasteiger partial charge in [-0.15, -0.1) is 0 Å². The number of ether oxygens (including phenoxy) is 1. The van der Waals surface area contributed by atoms with Crippen LogP contribution in [-0.4, -0.2) is 33.7 Å². The molecule has 5 nitrogen and oxygen atoms in total.